The smallest absolute Gasteiger partial charge is 0.407 e. The zero-order chi connectivity index (χ0) is 18.2. The summed E-state index contributed by atoms with van der Waals surface area (Å²) in [6.07, 6.45) is 6.67. The maximum absolute atomic E-state index is 12.9. The molecule has 5 nitrogen and oxygen atoms in total. The van der Waals surface area contributed by atoms with Crippen LogP contribution in [0.15, 0.2) is 73.1 Å². The predicted octanol–water partition coefficient (Wildman–Crippen LogP) is 3.95. The Labute approximate surface area is 150 Å². The summed E-state index contributed by atoms with van der Waals surface area (Å²) in [5.74, 6) is -0.286. The van der Waals surface area contributed by atoms with Gasteiger partial charge in [0.05, 0.1) is 11.9 Å². The molecular weight excluding hydrogens is 333 g/mol. The predicted molar refractivity (Wildman–Crippen MR) is 97.2 cm³/mol. The van der Waals surface area contributed by atoms with E-state index >= 15 is 0 Å². The van der Waals surface area contributed by atoms with Crippen molar-refractivity contribution in [1.29, 1.82) is 0 Å². The first kappa shape index (κ1) is 17.4. The van der Waals surface area contributed by atoms with E-state index in [1.165, 1.54) is 12.1 Å². The number of nitrogens with zero attached hydrogens (tertiary/aromatic N) is 2. The SMILES string of the molecule is O=C(NCC=Cc1cnn(-c2ccc(F)cc2)c1)OCc1ccccc1. The van der Waals surface area contributed by atoms with E-state index in [0.717, 1.165) is 16.8 Å². The van der Waals surface area contributed by atoms with Crippen LogP contribution in [0.4, 0.5) is 9.18 Å². The second-order valence-corrected chi connectivity index (χ2v) is 5.54. The Kier molecular flexibility index (Phi) is 5.77. The van der Waals surface area contributed by atoms with Gasteiger partial charge in [-0.15, -0.1) is 0 Å². The van der Waals surface area contributed by atoms with Gasteiger partial charge in [-0.05, 0) is 29.8 Å². The lowest BCUT2D eigenvalue weighted by Crippen LogP contribution is -2.24. The van der Waals surface area contributed by atoms with E-state index in [9.17, 15) is 9.18 Å². The van der Waals surface area contributed by atoms with Crippen LogP contribution in [0.2, 0.25) is 0 Å². The van der Waals surface area contributed by atoms with Crippen LogP contribution in [0, 0.1) is 5.82 Å². The molecule has 0 unspecified atom stereocenters. The minimum absolute atomic E-state index is 0.237. The summed E-state index contributed by atoms with van der Waals surface area (Å²) in [6.45, 7) is 0.580. The number of aromatic nitrogens is 2. The third-order valence-corrected chi connectivity index (χ3v) is 3.58. The third-order valence-electron chi connectivity index (χ3n) is 3.58. The van der Waals surface area contributed by atoms with Crippen LogP contribution >= 0.6 is 0 Å². The van der Waals surface area contributed by atoms with E-state index in [2.05, 4.69) is 10.4 Å². The molecule has 26 heavy (non-hydrogen) atoms. The van der Waals surface area contributed by atoms with Crippen LogP contribution in [-0.2, 0) is 11.3 Å². The van der Waals surface area contributed by atoms with Gasteiger partial charge in [-0.3, -0.25) is 0 Å². The van der Waals surface area contributed by atoms with Crippen LogP contribution in [0.25, 0.3) is 11.8 Å². The maximum atomic E-state index is 12.9. The number of hydrogen-bond donors (Lipinski definition) is 1. The fourth-order valence-electron chi connectivity index (χ4n) is 2.27. The number of amides is 1. The quantitative estimate of drug-likeness (QED) is 0.731. The number of halogens is 1. The number of rotatable bonds is 6. The van der Waals surface area contributed by atoms with E-state index in [-0.39, 0.29) is 12.4 Å². The van der Waals surface area contributed by atoms with Crippen molar-refractivity contribution in [2.75, 3.05) is 6.54 Å². The van der Waals surface area contributed by atoms with Crippen molar-refractivity contribution in [3.05, 3.63) is 90.0 Å². The molecule has 0 saturated heterocycles. The highest BCUT2D eigenvalue weighted by atomic mass is 19.1. The Hall–Kier alpha value is -3.41. The standard InChI is InChI=1S/C20H18FN3O2/c21-18-8-10-19(11-9-18)24-14-17(13-23-24)7-4-12-22-20(25)26-15-16-5-2-1-3-6-16/h1-11,13-14H,12,15H2,(H,22,25). The first-order valence-corrected chi connectivity index (χ1v) is 8.12. The van der Waals surface area contributed by atoms with E-state index < -0.39 is 6.09 Å². The highest BCUT2D eigenvalue weighted by molar-refractivity contribution is 5.67. The van der Waals surface area contributed by atoms with Gasteiger partial charge in [0.15, 0.2) is 0 Å². The first-order valence-electron chi connectivity index (χ1n) is 8.12. The van der Waals surface area contributed by atoms with E-state index in [1.807, 2.05) is 42.6 Å². The number of nitrogens with one attached hydrogen (secondary N) is 1. The Bertz CT molecular complexity index is 874. The molecule has 0 bridgehead atoms. The van der Waals surface area contributed by atoms with Crippen molar-refractivity contribution in [1.82, 2.24) is 15.1 Å². The van der Waals surface area contributed by atoms with Gasteiger partial charge in [0, 0.05) is 18.3 Å². The average molecular weight is 351 g/mol. The molecule has 1 aromatic heterocycles. The van der Waals surface area contributed by atoms with Crippen molar-refractivity contribution >= 4 is 12.2 Å². The molecule has 6 heteroatoms. The van der Waals surface area contributed by atoms with Crippen LogP contribution in [0.3, 0.4) is 0 Å². The monoisotopic (exact) mass is 351 g/mol. The van der Waals surface area contributed by atoms with E-state index in [1.54, 1.807) is 29.1 Å². The normalized spacial score (nSPS) is 10.8. The molecule has 0 radical (unpaired) electrons. The molecular formula is C20H18FN3O2. The molecule has 1 heterocycles. The van der Waals surface area contributed by atoms with Crippen LogP contribution in [0.1, 0.15) is 11.1 Å². The summed E-state index contributed by atoms with van der Waals surface area (Å²) < 4.78 is 19.7. The van der Waals surface area contributed by atoms with Gasteiger partial charge in [0.25, 0.3) is 0 Å². The Balaban J connectivity index is 1.44. The molecule has 0 fully saturated rings. The molecule has 2 aromatic carbocycles. The molecule has 1 N–H and O–H groups in total. The summed E-state index contributed by atoms with van der Waals surface area (Å²) in [5, 5.41) is 6.87. The third kappa shape index (κ3) is 5.04. The molecule has 3 rings (SSSR count). The lowest BCUT2D eigenvalue weighted by Gasteiger charge is -2.05. The molecule has 132 valence electrons. The lowest BCUT2D eigenvalue weighted by molar-refractivity contribution is 0.141. The number of benzene rings is 2. The van der Waals surface area contributed by atoms with Crippen LogP contribution in [-0.4, -0.2) is 22.4 Å². The van der Waals surface area contributed by atoms with Gasteiger partial charge in [-0.2, -0.15) is 5.10 Å². The molecule has 0 spiro atoms. The van der Waals surface area contributed by atoms with Crippen molar-refractivity contribution in [3.8, 4) is 5.69 Å². The van der Waals surface area contributed by atoms with Crippen molar-refractivity contribution < 1.29 is 13.9 Å². The fourth-order valence-corrected chi connectivity index (χ4v) is 2.27. The molecule has 0 aliphatic carbocycles. The highest BCUT2D eigenvalue weighted by Gasteiger charge is 2.01. The number of hydrogen-bond acceptors (Lipinski definition) is 3. The van der Waals surface area contributed by atoms with Gasteiger partial charge in [0.2, 0.25) is 0 Å². The summed E-state index contributed by atoms with van der Waals surface area (Å²) in [6, 6.07) is 15.6. The summed E-state index contributed by atoms with van der Waals surface area (Å²) >= 11 is 0. The molecule has 0 saturated carbocycles. The Morgan fingerprint density at radius 3 is 2.69 bits per heavy atom. The maximum Gasteiger partial charge on any atom is 0.407 e. The summed E-state index contributed by atoms with van der Waals surface area (Å²) in [4.78, 5) is 11.6. The minimum Gasteiger partial charge on any atom is -0.445 e. The molecule has 0 aliphatic rings. The van der Waals surface area contributed by atoms with Gasteiger partial charge in [0.1, 0.15) is 12.4 Å². The van der Waals surface area contributed by atoms with Gasteiger partial charge >= 0.3 is 6.09 Å². The minimum atomic E-state index is -0.472. The Morgan fingerprint density at radius 2 is 1.92 bits per heavy atom. The largest absolute Gasteiger partial charge is 0.445 e. The van der Waals surface area contributed by atoms with Crippen LogP contribution < -0.4 is 5.32 Å². The molecule has 0 atom stereocenters. The average Bonchev–Trinajstić information content (AvgIpc) is 3.14. The van der Waals surface area contributed by atoms with Crippen molar-refractivity contribution in [3.63, 3.8) is 0 Å². The van der Waals surface area contributed by atoms with E-state index in [4.69, 9.17) is 4.74 Å². The van der Waals surface area contributed by atoms with Crippen molar-refractivity contribution in [2.45, 2.75) is 6.61 Å². The number of ether oxygens (including phenoxy) is 1. The molecule has 1 amide bonds. The number of carbonyl (C=O) groups excluding carboxylic acids is 1. The number of alkyl carbamates (subject to hydrolysis) is 1. The zero-order valence-corrected chi connectivity index (χ0v) is 14.0. The molecule has 3 aromatic rings. The zero-order valence-electron chi connectivity index (χ0n) is 14.0. The van der Waals surface area contributed by atoms with E-state index in [0.29, 0.717) is 6.54 Å². The Morgan fingerprint density at radius 1 is 1.15 bits per heavy atom. The lowest BCUT2D eigenvalue weighted by atomic mass is 10.2. The van der Waals surface area contributed by atoms with Crippen LogP contribution in [0.5, 0.6) is 0 Å². The second-order valence-electron chi connectivity index (χ2n) is 5.54. The van der Waals surface area contributed by atoms with Gasteiger partial charge < -0.3 is 10.1 Å². The second kappa shape index (κ2) is 8.62. The van der Waals surface area contributed by atoms with Gasteiger partial charge in [-0.25, -0.2) is 13.9 Å². The number of carbonyl (C=O) groups is 1. The summed E-state index contributed by atoms with van der Waals surface area (Å²) in [5.41, 5.74) is 2.58. The first-order chi connectivity index (χ1) is 12.7. The summed E-state index contributed by atoms with van der Waals surface area (Å²) in [7, 11) is 0. The van der Waals surface area contributed by atoms with Crippen molar-refractivity contribution in [2.24, 2.45) is 0 Å². The fraction of sp³-hybridized carbons (Fsp3) is 0.100. The molecule has 0 aliphatic heterocycles. The highest BCUT2D eigenvalue weighted by Crippen LogP contribution is 2.10. The van der Waals surface area contributed by atoms with Gasteiger partial charge in [-0.1, -0.05) is 42.5 Å². The topological polar surface area (TPSA) is 56.2 Å².